The Morgan fingerprint density at radius 3 is 2.72 bits per heavy atom. The van der Waals surface area contributed by atoms with E-state index in [1.807, 2.05) is 12.1 Å². The first-order valence-electron chi connectivity index (χ1n) is 7.82. The summed E-state index contributed by atoms with van der Waals surface area (Å²) in [6.45, 7) is 0.378. The van der Waals surface area contributed by atoms with Gasteiger partial charge in [0, 0.05) is 30.4 Å². The van der Waals surface area contributed by atoms with Crippen molar-refractivity contribution < 1.29 is 18.7 Å². The fourth-order valence-electron chi connectivity index (χ4n) is 2.72. The van der Waals surface area contributed by atoms with E-state index in [0.29, 0.717) is 18.0 Å². The molecule has 3 amide bonds. The predicted octanol–water partition coefficient (Wildman–Crippen LogP) is 2.76. The number of benzene rings is 2. The van der Waals surface area contributed by atoms with E-state index in [1.54, 1.807) is 24.1 Å². The average molecular weight is 343 g/mol. The quantitative estimate of drug-likeness (QED) is 0.897. The van der Waals surface area contributed by atoms with Crippen LogP contribution in [0.3, 0.4) is 0 Å². The summed E-state index contributed by atoms with van der Waals surface area (Å²) in [5.41, 5.74) is 1.21. The number of nitrogens with zero attached hydrogens (tertiary/aromatic N) is 1. The van der Waals surface area contributed by atoms with E-state index in [0.717, 1.165) is 5.69 Å². The van der Waals surface area contributed by atoms with Crippen LogP contribution in [0.15, 0.2) is 48.5 Å². The van der Waals surface area contributed by atoms with Crippen molar-refractivity contribution in [2.75, 3.05) is 23.9 Å². The number of ether oxygens (including phenoxy) is 1. The number of carbonyl (C=O) groups excluding carboxylic acids is 2. The minimum atomic E-state index is -0.433. The molecule has 0 radical (unpaired) electrons. The standard InChI is InChI=1S/C18H18FN3O3/c1-25-16-4-2-3-15(10-16)22-11-14(9-17(22)23)21-18(24)20-13-7-5-12(19)6-8-13/h2-8,10,14H,9,11H2,1H3,(H2,20,21,24)/t14-/m0/s1. The van der Waals surface area contributed by atoms with Crippen LogP contribution in [0.1, 0.15) is 6.42 Å². The van der Waals surface area contributed by atoms with Gasteiger partial charge in [0.2, 0.25) is 5.91 Å². The molecule has 0 bridgehead atoms. The minimum absolute atomic E-state index is 0.0691. The highest BCUT2D eigenvalue weighted by atomic mass is 19.1. The highest BCUT2D eigenvalue weighted by molar-refractivity contribution is 5.97. The Kier molecular flexibility index (Phi) is 4.83. The summed E-state index contributed by atoms with van der Waals surface area (Å²) in [5.74, 6) is 0.220. The maximum Gasteiger partial charge on any atom is 0.319 e. The summed E-state index contributed by atoms with van der Waals surface area (Å²) < 4.78 is 18.0. The van der Waals surface area contributed by atoms with Crippen LogP contribution >= 0.6 is 0 Å². The molecule has 0 unspecified atom stereocenters. The lowest BCUT2D eigenvalue weighted by atomic mass is 10.2. The fourth-order valence-corrected chi connectivity index (χ4v) is 2.72. The molecule has 0 spiro atoms. The maximum absolute atomic E-state index is 12.9. The lowest BCUT2D eigenvalue weighted by Gasteiger charge is -2.18. The summed E-state index contributed by atoms with van der Waals surface area (Å²) in [4.78, 5) is 25.9. The van der Waals surface area contributed by atoms with E-state index in [-0.39, 0.29) is 24.2 Å². The molecule has 1 atom stereocenters. The fraction of sp³-hybridized carbons (Fsp3) is 0.222. The number of nitrogens with one attached hydrogen (secondary N) is 2. The Balaban J connectivity index is 1.60. The van der Waals surface area contributed by atoms with Gasteiger partial charge in [-0.2, -0.15) is 0 Å². The van der Waals surface area contributed by atoms with Gasteiger partial charge in [0.1, 0.15) is 11.6 Å². The number of hydrogen-bond donors (Lipinski definition) is 2. The number of anilines is 2. The number of amides is 3. The normalized spacial score (nSPS) is 16.6. The van der Waals surface area contributed by atoms with E-state index in [4.69, 9.17) is 4.74 Å². The van der Waals surface area contributed by atoms with Gasteiger partial charge < -0.3 is 20.3 Å². The molecule has 3 rings (SSSR count). The molecule has 0 aliphatic carbocycles. The average Bonchev–Trinajstić information content (AvgIpc) is 2.97. The van der Waals surface area contributed by atoms with Crippen molar-refractivity contribution in [1.29, 1.82) is 0 Å². The lowest BCUT2D eigenvalue weighted by Crippen LogP contribution is -2.39. The molecule has 1 aliphatic heterocycles. The zero-order valence-corrected chi connectivity index (χ0v) is 13.7. The van der Waals surface area contributed by atoms with Crippen molar-refractivity contribution in [3.63, 3.8) is 0 Å². The van der Waals surface area contributed by atoms with Gasteiger partial charge in [0.05, 0.1) is 13.2 Å². The largest absolute Gasteiger partial charge is 0.497 e. The molecule has 0 aromatic heterocycles. The topological polar surface area (TPSA) is 70.7 Å². The van der Waals surface area contributed by atoms with Crippen LogP contribution in [0.4, 0.5) is 20.6 Å². The van der Waals surface area contributed by atoms with Crippen LogP contribution in [0, 0.1) is 5.82 Å². The Labute approximate surface area is 144 Å². The van der Waals surface area contributed by atoms with Crippen LogP contribution < -0.4 is 20.3 Å². The lowest BCUT2D eigenvalue weighted by molar-refractivity contribution is -0.117. The number of rotatable bonds is 4. The highest BCUT2D eigenvalue weighted by Gasteiger charge is 2.31. The summed E-state index contributed by atoms with van der Waals surface area (Å²) in [7, 11) is 1.56. The van der Waals surface area contributed by atoms with Gasteiger partial charge in [0.25, 0.3) is 0 Å². The van der Waals surface area contributed by atoms with Crippen molar-refractivity contribution in [2.24, 2.45) is 0 Å². The summed E-state index contributed by atoms with van der Waals surface area (Å²) in [6, 6.07) is 11.9. The minimum Gasteiger partial charge on any atom is -0.497 e. The van der Waals surface area contributed by atoms with Gasteiger partial charge in [-0.05, 0) is 36.4 Å². The number of urea groups is 1. The molecule has 1 aliphatic rings. The summed E-state index contributed by atoms with van der Waals surface area (Å²) in [6.07, 6.45) is 0.216. The van der Waals surface area contributed by atoms with Gasteiger partial charge in [0.15, 0.2) is 0 Å². The smallest absolute Gasteiger partial charge is 0.319 e. The van der Waals surface area contributed by atoms with Gasteiger partial charge in [-0.15, -0.1) is 0 Å². The molecule has 2 aromatic carbocycles. The van der Waals surface area contributed by atoms with Crippen molar-refractivity contribution in [3.8, 4) is 5.75 Å². The van der Waals surface area contributed by atoms with E-state index >= 15 is 0 Å². The SMILES string of the molecule is COc1cccc(N2C[C@@H](NC(=O)Nc3ccc(F)cc3)CC2=O)c1. The molecule has 130 valence electrons. The molecule has 2 N–H and O–H groups in total. The predicted molar refractivity (Wildman–Crippen MR) is 92.3 cm³/mol. The van der Waals surface area contributed by atoms with Crippen molar-refractivity contribution in [3.05, 3.63) is 54.3 Å². The van der Waals surface area contributed by atoms with Crippen LogP contribution in [0.25, 0.3) is 0 Å². The van der Waals surface area contributed by atoms with Crippen LogP contribution in [0.5, 0.6) is 5.75 Å². The molecule has 6 nitrogen and oxygen atoms in total. The molecule has 25 heavy (non-hydrogen) atoms. The third-order valence-electron chi connectivity index (χ3n) is 3.93. The molecule has 2 aromatic rings. The van der Waals surface area contributed by atoms with Gasteiger partial charge in [-0.3, -0.25) is 4.79 Å². The van der Waals surface area contributed by atoms with E-state index in [9.17, 15) is 14.0 Å². The zero-order valence-electron chi connectivity index (χ0n) is 13.7. The molecule has 1 fully saturated rings. The van der Waals surface area contributed by atoms with Crippen LogP contribution in [-0.2, 0) is 4.79 Å². The van der Waals surface area contributed by atoms with E-state index in [2.05, 4.69) is 10.6 Å². The maximum atomic E-state index is 12.9. The summed E-state index contributed by atoms with van der Waals surface area (Å²) in [5, 5.41) is 5.38. The molecular formula is C18H18FN3O3. The monoisotopic (exact) mass is 343 g/mol. The second-order valence-electron chi connectivity index (χ2n) is 5.71. The van der Waals surface area contributed by atoms with Crippen molar-refractivity contribution in [2.45, 2.75) is 12.5 Å². The molecular weight excluding hydrogens is 325 g/mol. The molecule has 1 heterocycles. The van der Waals surface area contributed by atoms with Crippen molar-refractivity contribution in [1.82, 2.24) is 5.32 Å². The molecule has 0 saturated carbocycles. The third-order valence-corrected chi connectivity index (χ3v) is 3.93. The Morgan fingerprint density at radius 1 is 1.24 bits per heavy atom. The number of methoxy groups -OCH3 is 1. The number of halogens is 1. The highest BCUT2D eigenvalue weighted by Crippen LogP contribution is 2.25. The van der Waals surface area contributed by atoms with E-state index < -0.39 is 6.03 Å². The first kappa shape index (κ1) is 16.8. The third kappa shape index (κ3) is 4.06. The molecule has 1 saturated heterocycles. The number of hydrogen-bond acceptors (Lipinski definition) is 3. The Morgan fingerprint density at radius 2 is 2.00 bits per heavy atom. The summed E-state index contributed by atoms with van der Waals surface area (Å²) >= 11 is 0. The van der Waals surface area contributed by atoms with Gasteiger partial charge in [-0.25, -0.2) is 9.18 Å². The van der Waals surface area contributed by atoms with Gasteiger partial charge in [-0.1, -0.05) is 6.07 Å². The van der Waals surface area contributed by atoms with Crippen molar-refractivity contribution >= 4 is 23.3 Å². The first-order chi connectivity index (χ1) is 12.0. The first-order valence-corrected chi connectivity index (χ1v) is 7.82. The molecule has 7 heteroatoms. The van der Waals surface area contributed by atoms with Gasteiger partial charge >= 0.3 is 6.03 Å². The van der Waals surface area contributed by atoms with Crippen LogP contribution in [-0.4, -0.2) is 31.6 Å². The van der Waals surface area contributed by atoms with E-state index in [1.165, 1.54) is 24.3 Å². The Hall–Kier alpha value is -3.09. The number of carbonyl (C=O) groups is 2. The van der Waals surface area contributed by atoms with Crippen LogP contribution in [0.2, 0.25) is 0 Å². The zero-order chi connectivity index (χ0) is 17.8. The second-order valence-corrected chi connectivity index (χ2v) is 5.71. The Bertz CT molecular complexity index is 779. The second kappa shape index (κ2) is 7.21.